The summed E-state index contributed by atoms with van der Waals surface area (Å²) in [4.78, 5) is 25.4. The zero-order chi connectivity index (χ0) is 19.5. The summed E-state index contributed by atoms with van der Waals surface area (Å²) in [5, 5.41) is 0. The average Bonchev–Trinajstić information content (AvgIpc) is 3.00. The molecule has 28 heavy (non-hydrogen) atoms. The number of ether oxygens (including phenoxy) is 1. The molecule has 3 nitrogen and oxygen atoms in total. The Morgan fingerprint density at radius 3 is 2.39 bits per heavy atom. The van der Waals surface area contributed by atoms with Crippen LogP contribution in [0.2, 0.25) is 0 Å². The van der Waals surface area contributed by atoms with Crippen molar-refractivity contribution in [3.8, 4) is 5.75 Å². The molecule has 0 unspecified atom stereocenters. The number of carbonyl (C=O) groups excluding carboxylic acids is 2. The summed E-state index contributed by atoms with van der Waals surface area (Å²) in [5.74, 6) is 3.75. The van der Waals surface area contributed by atoms with E-state index in [1.165, 1.54) is 5.57 Å². The Balaban J connectivity index is 1.51. The number of carbonyl (C=O) groups is 2. The molecule has 0 N–H and O–H groups in total. The molecule has 4 aliphatic rings. The van der Waals surface area contributed by atoms with Gasteiger partial charge in [-0.2, -0.15) is 0 Å². The number of hydrogen-bond donors (Lipinski definition) is 0. The third-order valence-electron chi connectivity index (χ3n) is 8.74. The largest absolute Gasteiger partial charge is 0.454 e. The predicted molar refractivity (Wildman–Crippen MR) is 108 cm³/mol. The fourth-order valence-electron chi connectivity index (χ4n) is 7.16. The molecule has 5 atom stereocenters. The van der Waals surface area contributed by atoms with Gasteiger partial charge in [-0.15, -0.1) is 0 Å². The van der Waals surface area contributed by atoms with Crippen molar-refractivity contribution in [1.82, 2.24) is 0 Å². The van der Waals surface area contributed by atoms with Crippen LogP contribution < -0.4 is 4.74 Å². The van der Waals surface area contributed by atoms with Gasteiger partial charge in [0.1, 0.15) is 11.5 Å². The first-order chi connectivity index (χ1) is 13.4. The van der Waals surface area contributed by atoms with Gasteiger partial charge in [0.05, 0.1) is 0 Å². The Hall–Kier alpha value is -1.90. The highest BCUT2D eigenvalue weighted by Gasteiger charge is 2.59. The summed E-state index contributed by atoms with van der Waals surface area (Å²) < 4.78 is 6.18. The predicted octanol–water partition coefficient (Wildman–Crippen LogP) is 5.49. The molecule has 0 aliphatic heterocycles. The van der Waals surface area contributed by atoms with E-state index >= 15 is 0 Å². The molecule has 3 saturated carbocycles. The fourth-order valence-corrected chi connectivity index (χ4v) is 7.16. The topological polar surface area (TPSA) is 43.4 Å². The molecule has 0 radical (unpaired) electrons. The number of fused-ring (bicyclic) bond motifs is 5. The number of benzene rings is 1. The molecule has 4 aliphatic carbocycles. The van der Waals surface area contributed by atoms with Crippen LogP contribution in [0.15, 0.2) is 41.7 Å². The van der Waals surface area contributed by atoms with Gasteiger partial charge in [0.25, 0.3) is 0 Å². The normalized spacial score (nSPS) is 40.0. The van der Waals surface area contributed by atoms with Gasteiger partial charge >= 0.3 is 0 Å². The minimum atomic E-state index is -0.0907. The second-order valence-corrected chi connectivity index (χ2v) is 9.90. The summed E-state index contributed by atoms with van der Waals surface area (Å²) in [6.45, 7) is 4.60. The Labute approximate surface area is 167 Å². The molecule has 5 rings (SSSR count). The molecular formula is C25H30O3. The third-order valence-corrected chi connectivity index (χ3v) is 8.74. The first-order valence-electron chi connectivity index (χ1n) is 11.0. The molecule has 148 valence electrons. The van der Waals surface area contributed by atoms with Gasteiger partial charge < -0.3 is 4.74 Å². The summed E-state index contributed by atoms with van der Waals surface area (Å²) >= 11 is 0. The minimum Gasteiger partial charge on any atom is -0.454 e. The smallest absolute Gasteiger partial charge is 0.198 e. The Morgan fingerprint density at radius 1 is 0.857 bits per heavy atom. The summed E-state index contributed by atoms with van der Waals surface area (Å²) in [5.41, 5.74) is 1.20. The standard InChI is InChI=1S/C25H30O3/c1-24-15-13-21(26)23(28-16-6-4-3-5-7-16)20(24)9-8-17-18-10-11-22(27)25(18,2)14-12-19(17)24/h3-7,17-19H,8-15H2,1-2H3/t17-,18-,19-,24+,25-/m0/s1. The molecule has 1 aromatic carbocycles. The van der Waals surface area contributed by atoms with Crippen molar-refractivity contribution in [2.75, 3.05) is 0 Å². The van der Waals surface area contributed by atoms with E-state index < -0.39 is 0 Å². The van der Waals surface area contributed by atoms with Gasteiger partial charge in [0.15, 0.2) is 11.5 Å². The van der Waals surface area contributed by atoms with Crippen molar-refractivity contribution in [3.05, 3.63) is 41.7 Å². The molecule has 0 bridgehead atoms. The van der Waals surface area contributed by atoms with Crippen LogP contribution in [-0.4, -0.2) is 11.6 Å². The second kappa shape index (κ2) is 6.30. The van der Waals surface area contributed by atoms with E-state index in [1.807, 2.05) is 30.3 Å². The summed E-state index contributed by atoms with van der Waals surface area (Å²) in [6.07, 6.45) is 7.50. The van der Waals surface area contributed by atoms with E-state index in [1.54, 1.807) is 0 Å². The highest BCUT2D eigenvalue weighted by atomic mass is 16.5. The van der Waals surface area contributed by atoms with Crippen LogP contribution in [0.25, 0.3) is 0 Å². The van der Waals surface area contributed by atoms with Crippen LogP contribution in [0.5, 0.6) is 5.75 Å². The molecule has 0 amide bonds. The van der Waals surface area contributed by atoms with E-state index in [0.29, 0.717) is 35.7 Å². The quantitative estimate of drug-likeness (QED) is 0.683. The molecule has 0 aromatic heterocycles. The van der Waals surface area contributed by atoms with Gasteiger partial charge in [-0.25, -0.2) is 0 Å². The van der Waals surface area contributed by atoms with Gasteiger partial charge in [-0.05, 0) is 79.4 Å². The summed E-state index contributed by atoms with van der Waals surface area (Å²) in [6, 6.07) is 9.71. The van der Waals surface area contributed by atoms with Crippen LogP contribution in [-0.2, 0) is 9.59 Å². The lowest BCUT2D eigenvalue weighted by Crippen LogP contribution is -2.51. The molecule has 3 fully saturated rings. The van der Waals surface area contributed by atoms with Gasteiger partial charge in [0, 0.05) is 18.3 Å². The van der Waals surface area contributed by atoms with Crippen LogP contribution in [0, 0.1) is 28.6 Å². The number of Topliss-reactive ketones (excluding diaryl/α,β-unsaturated/α-hetero) is 2. The maximum absolute atomic E-state index is 12.8. The van der Waals surface area contributed by atoms with Crippen molar-refractivity contribution in [3.63, 3.8) is 0 Å². The minimum absolute atomic E-state index is 0.0356. The van der Waals surface area contributed by atoms with Gasteiger partial charge in [-0.3, -0.25) is 9.59 Å². The lowest BCUT2D eigenvalue weighted by atomic mass is 9.47. The highest BCUT2D eigenvalue weighted by Crippen LogP contribution is 2.64. The molecule has 0 spiro atoms. The zero-order valence-electron chi connectivity index (χ0n) is 17.0. The Morgan fingerprint density at radius 2 is 1.61 bits per heavy atom. The van der Waals surface area contributed by atoms with Crippen LogP contribution >= 0.6 is 0 Å². The van der Waals surface area contributed by atoms with Crippen LogP contribution in [0.1, 0.15) is 65.2 Å². The first kappa shape index (κ1) is 18.1. The van der Waals surface area contributed by atoms with Crippen molar-refractivity contribution in [1.29, 1.82) is 0 Å². The van der Waals surface area contributed by atoms with Crippen molar-refractivity contribution >= 4 is 11.6 Å². The second-order valence-electron chi connectivity index (χ2n) is 9.90. The molecule has 0 heterocycles. The van der Waals surface area contributed by atoms with Gasteiger partial charge in [0.2, 0.25) is 0 Å². The zero-order valence-corrected chi connectivity index (χ0v) is 17.0. The summed E-state index contributed by atoms with van der Waals surface area (Å²) in [7, 11) is 0. The lowest BCUT2D eigenvalue weighted by molar-refractivity contribution is -0.132. The number of allylic oxidation sites excluding steroid dienone is 1. The maximum atomic E-state index is 12.8. The van der Waals surface area contributed by atoms with E-state index in [4.69, 9.17) is 4.74 Å². The van der Waals surface area contributed by atoms with Crippen molar-refractivity contribution in [2.24, 2.45) is 28.6 Å². The Kier molecular flexibility index (Phi) is 4.08. The van der Waals surface area contributed by atoms with E-state index in [0.717, 1.165) is 50.7 Å². The fraction of sp³-hybridized carbons (Fsp3) is 0.600. The number of ketones is 2. The van der Waals surface area contributed by atoms with Crippen LogP contribution in [0.3, 0.4) is 0 Å². The van der Waals surface area contributed by atoms with E-state index in [9.17, 15) is 9.59 Å². The monoisotopic (exact) mass is 378 g/mol. The molecule has 3 heteroatoms. The van der Waals surface area contributed by atoms with Crippen molar-refractivity contribution < 1.29 is 14.3 Å². The molecular weight excluding hydrogens is 348 g/mol. The first-order valence-corrected chi connectivity index (χ1v) is 11.0. The number of hydrogen-bond acceptors (Lipinski definition) is 3. The third kappa shape index (κ3) is 2.47. The SMILES string of the molecule is C[C@]12CCC(=O)C(Oc3ccccc3)=C1CC[C@@H]1[C@@H]2CC[C@]2(C)C(=O)CC[C@@H]12. The Bertz CT molecular complexity index is 854. The van der Waals surface area contributed by atoms with Crippen LogP contribution in [0.4, 0.5) is 0 Å². The highest BCUT2D eigenvalue weighted by molar-refractivity contribution is 5.96. The van der Waals surface area contributed by atoms with Crippen molar-refractivity contribution in [2.45, 2.75) is 65.2 Å². The maximum Gasteiger partial charge on any atom is 0.198 e. The van der Waals surface area contributed by atoms with E-state index in [-0.39, 0.29) is 16.6 Å². The molecule has 0 saturated heterocycles. The lowest BCUT2D eigenvalue weighted by Gasteiger charge is -2.57. The number of para-hydroxylation sites is 1. The molecule has 1 aromatic rings. The average molecular weight is 379 g/mol. The number of rotatable bonds is 2. The van der Waals surface area contributed by atoms with Gasteiger partial charge in [-0.1, -0.05) is 32.0 Å². The van der Waals surface area contributed by atoms with E-state index in [2.05, 4.69) is 13.8 Å².